The van der Waals surface area contributed by atoms with E-state index in [9.17, 15) is 28.1 Å². The Morgan fingerprint density at radius 1 is 1.17 bits per heavy atom. The molecule has 0 aliphatic carbocycles. The molecule has 0 saturated carbocycles. The summed E-state index contributed by atoms with van der Waals surface area (Å²) in [6, 6.07) is 10.4. The molecule has 154 valence electrons. The van der Waals surface area contributed by atoms with Crippen LogP contribution in [0.5, 0.6) is 0 Å². The van der Waals surface area contributed by atoms with Gasteiger partial charge >= 0.3 is 6.18 Å². The lowest BCUT2D eigenvalue weighted by atomic mass is 9.95. The fourth-order valence-corrected chi connectivity index (χ4v) is 3.58. The van der Waals surface area contributed by atoms with Gasteiger partial charge < -0.3 is 10.2 Å². The number of anilines is 2. The molecule has 1 amide bonds. The first kappa shape index (κ1) is 20.9. The number of nitro benzene ring substituents is 1. The number of nitrogens with one attached hydrogen (secondary N) is 1. The molecule has 2 aromatic rings. The van der Waals surface area contributed by atoms with Crippen LogP contribution >= 0.6 is 11.6 Å². The largest absolute Gasteiger partial charge is 0.418 e. The van der Waals surface area contributed by atoms with Crippen molar-refractivity contribution < 1.29 is 22.9 Å². The van der Waals surface area contributed by atoms with Crippen molar-refractivity contribution in [1.82, 2.24) is 0 Å². The van der Waals surface area contributed by atoms with Crippen LogP contribution in [0.15, 0.2) is 42.5 Å². The molecule has 1 aliphatic heterocycles. The Bertz CT molecular complexity index is 914. The number of carbonyl (C=O) groups excluding carboxylic acids is 1. The van der Waals surface area contributed by atoms with Crippen molar-refractivity contribution >= 4 is 34.6 Å². The van der Waals surface area contributed by atoms with Crippen LogP contribution in [0.1, 0.15) is 18.4 Å². The number of alkyl halides is 3. The molecular weight excluding hydrogens is 411 g/mol. The minimum Gasteiger partial charge on any atom is -0.366 e. The predicted octanol–water partition coefficient (Wildman–Crippen LogP) is 5.12. The monoisotopic (exact) mass is 427 g/mol. The zero-order valence-electron chi connectivity index (χ0n) is 15.1. The first-order chi connectivity index (χ1) is 13.7. The summed E-state index contributed by atoms with van der Waals surface area (Å²) in [7, 11) is 0. The molecule has 2 aromatic carbocycles. The van der Waals surface area contributed by atoms with Gasteiger partial charge in [0, 0.05) is 30.8 Å². The highest BCUT2D eigenvalue weighted by atomic mass is 35.5. The molecule has 1 N–H and O–H groups in total. The van der Waals surface area contributed by atoms with Crippen LogP contribution < -0.4 is 10.2 Å². The van der Waals surface area contributed by atoms with Crippen LogP contribution in [-0.4, -0.2) is 23.9 Å². The van der Waals surface area contributed by atoms with E-state index in [-0.39, 0.29) is 30.6 Å². The minimum absolute atomic E-state index is 0.0231. The number of para-hydroxylation sites is 1. The third kappa shape index (κ3) is 4.79. The molecule has 0 radical (unpaired) electrons. The SMILES string of the molecule is O=C(Nc1ccccc1)C1CCN(c2cc(Cl)c(C(F)(F)F)cc2[N+](=O)[O-])CC1. The van der Waals surface area contributed by atoms with Crippen LogP contribution in [0.2, 0.25) is 5.02 Å². The van der Waals surface area contributed by atoms with Crippen LogP contribution in [0, 0.1) is 16.0 Å². The molecular formula is C19H17ClF3N3O3. The quantitative estimate of drug-likeness (QED) is 0.542. The lowest BCUT2D eigenvalue weighted by molar-refractivity contribution is -0.384. The number of piperidine rings is 1. The van der Waals surface area contributed by atoms with Crippen molar-refractivity contribution in [2.24, 2.45) is 5.92 Å². The number of hydrogen-bond acceptors (Lipinski definition) is 4. The summed E-state index contributed by atoms with van der Waals surface area (Å²) in [5.41, 5.74) is -1.21. The molecule has 1 fully saturated rings. The number of carbonyl (C=O) groups is 1. The molecule has 0 bridgehead atoms. The van der Waals surface area contributed by atoms with E-state index in [4.69, 9.17) is 11.6 Å². The zero-order valence-corrected chi connectivity index (χ0v) is 15.8. The summed E-state index contributed by atoms with van der Waals surface area (Å²) in [5, 5.41) is 13.6. The van der Waals surface area contributed by atoms with Crippen LogP contribution in [-0.2, 0) is 11.0 Å². The van der Waals surface area contributed by atoms with Crippen molar-refractivity contribution in [2.45, 2.75) is 19.0 Å². The summed E-state index contributed by atoms with van der Waals surface area (Å²) in [5.74, 6) is -0.453. The number of nitro groups is 1. The molecule has 1 aliphatic rings. The lowest BCUT2D eigenvalue weighted by Crippen LogP contribution is -2.38. The van der Waals surface area contributed by atoms with Gasteiger partial charge in [-0.15, -0.1) is 0 Å². The van der Waals surface area contributed by atoms with Crippen molar-refractivity contribution in [3.63, 3.8) is 0 Å². The first-order valence-electron chi connectivity index (χ1n) is 8.83. The predicted molar refractivity (Wildman–Crippen MR) is 103 cm³/mol. The standard InChI is InChI=1S/C19H17ClF3N3O3/c20-15-11-16(17(26(28)29)10-14(15)19(21,22)23)25-8-6-12(7-9-25)18(27)24-13-4-2-1-3-5-13/h1-5,10-12H,6-9H2,(H,24,27). The highest BCUT2D eigenvalue weighted by molar-refractivity contribution is 6.31. The van der Waals surface area contributed by atoms with Gasteiger partial charge in [0.15, 0.2) is 0 Å². The third-order valence-electron chi connectivity index (χ3n) is 4.81. The molecule has 1 heterocycles. The van der Waals surface area contributed by atoms with Gasteiger partial charge in [-0.3, -0.25) is 14.9 Å². The normalized spacial score (nSPS) is 15.2. The van der Waals surface area contributed by atoms with E-state index in [0.29, 0.717) is 24.6 Å². The van der Waals surface area contributed by atoms with Gasteiger partial charge in [0.1, 0.15) is 5.69 Å². The molecule has 6 nitrogen and oxygen atoms in total. The van der Waals surface area contributed by atoms with E-state index in [2.05, 4.69) is 5.32 Å². The van der Waals surface area contributed by atoms with Gasteiger partial charge in [-0.25, -0.2) is 0 Å². The van der Waals surface area contributed by atoms with Crippen LogP contribution in [0.3, 0.4) is 0 Å². The summed E-state index contributed by atoms with van der Waals surface area (Å²) in [4.78, 5) is 24.5. The molecule has 3 rings (SSSR count). The summed E-state index contributed by atoms with van der Waals surface area (Å²) in [6.45, 7) is 0.574. The average molecular weight is 428 g/mol. The fraction of sp³-hybridized carbons (Fsp3) is 0.316. The topological polar surface area (TPSA) is 75.5 Å². The highest BCUT2D eigenvalue weighted by Crippen LogP contribution is 2.42. The minimum atomic E-state index is -4.79. The van der Waals surface area contributed by atoms with Gasteiger partial charge in [-0.05, 0) is 31.0 Å². The molecule has 0 unspecified atom stereocenters. The maximum Gasteiger partial charge on any atom is 0.418 e. The Morgan fingerprint density at radius 2 is 1.79 bits per heavy atom. The third-order valence-corrected chi connectivity index (χ3v) is 5.13. The van der Waals surface area contributed by atoms with E-state index in [1.807, 2.05) is 6.07 Å². The summed E-state index contributed by atoms with van der Waals surface area (Å²) >= 11 is 5.75. The van der Waals surface area contributed by atoms with Gasteiger partial charge in [-0.2, -0.15) is 13.2 Å². The van der Waals surface area contributed by atoms with E-state index in [0.717, 1.165) is 6.07 Å². The second-order valence-corrected chi connectivity index (χ2v) is 7.10. The second-order valence-electron chi connectivity index (χ2n) is 6.69. The number of hydrogen-bond donors (Lipinski definition) is 1. The van der Waals surface area contributed by atoms with E-state index >= 15 is 0 Å². The molecule has 1 saturated heterocycles. The average Bonchev–Trinajstić information content (AvgIpc) is 2.67. The molecule has 0 spiro atoms. The molecule has 0 aromatic heterocycles. The zero-order chi connectivity index (χ0) is 21.2. The first-order valence-corrected chi connectivity index (χ1v) is 9.20. The van der Waals surface area contributed by atoms with Gasteiger partial charge in [0.2, 0.25) is 5.91 Å². The number of benzene rings is 2. The molecule has 29 heavy (non-hydrogen) atoms. The highest BCUT2D eigenvalue weighted by Gasteiger charge is 2.37. The lowest BCUT2D eigenvalue weighted by Gasteiger charge is -2.33. The number of amides is 1. The van der Waals surface area contributed by atoms with Gasteiger partial charge in [0.25, 0.3) is 5.69 Å². The van der Waals surface area contributed by atoms with Gasteiger partial charge in [0.05, 0.1) is 15.5 Å². The van der Waals surface area contributed by atoms with Crippen molar-refractivity contribution in [3.05, 3.63) is 63.2 Å². The van der Waals surface area contributed by atoms with E-state index in [1.165, 1.54) is 0 Å². The number of nitrogens with zero attached hydrogens (tertiary/aromatic N) is 2. The molecule has 0 atom stereocenters. The smallest absolute Gasteiger partial charge is 0.366 e. The Labute approximate surface area is 169 Å². The van der Waals surface area contributed by atoms with Crippen LogP contribution in [0.25, 0.3) is 0 Å². The summed E-state index contributed by atoms with van der Waals surface area (Å²) < 4.78 is 39.1. The Kier molecular flexibility index (Phi) is 5.97. The maximum absolute atomic E-state index is 13.0. The Hall–Kier alpha value is -2.81. The van der Waals surface area contributed by atoms with E-state index in [1.54, 1.807) is 29.2 Å². The van der Waals surface area contributed by atoms with E-state index < -0.39 is 27.4 Å². The van der Waals surface area contributed by atoms with Crippen molar-refractivity contribution in [3.8, 4) is 0 Å². The maximum atomic E-state index is 13.0. The Morgan fingerprint density at radius 3 is 2.34 bits per heavy atom. The second kappa shape index (κ2) is 8.28. The van der Waals surface area contributed by atoms with Crippen molar-refractivity contribution in [2.75, 3.05) is 23.3 Å². The number of rotatable bonds is 4. The molecule has 10 heteroatoms. The fourth-order valence-electron chi connectivity index (χ4n) is 3.32. The van der Waals surface area contributed by atoms with Crippen LogP contribution in [0.4, 0.5) is 30.2 Å². The van der Waals surface area contributed by atoms with Crippen molar-refractivity contribution in [1.29, 1.82) is 0 Å². The number of halogens is 4. The summed E-state index contributed by atoms with van der Waals surface area (Å²) in [6.07, 6.45) is -3.97. The Balaban J connectivity index is 1.74. The van der Waals surface area contributed by atoms with Gasteiger partial charge in [-0.1, -0.05) is 29.8 Å².